The molecule has 3 atom stereocenters. The van der Waals surface area contributed by atoms with Gasteiger partial charge in [-0.05, 0) is 38.5 Å². The van der Waals surface area contributed by atoms with Gasteiger partial charge in [0, 0.05) is 0 Å². The zero-order chi connectivity index (χ0) is 28.1. The molecule has 0 radical (unpaired) electrons. The molecule has 0 spiro atoms. The van der Waals surface area contributed by atoms with Gasteiger partial charge in [0.1, 0.15) is 6.10 Å². The lowest BCUT2D eigenvalue weighted by Crippen LogP contribution is -2.43. The van der Waals surface area contributed by atoms with Crippen molar-refractivity contribution < 1.29 is 49.4 Å². The summed E-state index contributed by atoms with van der Waals surface area (Å²) in [6.07, 6.45) is 14.3. The Bertz CT molecular complexity index is 705. The highest BCUT2D eigenvalue weighted by Crippen LogP contribution is 2.21. The van der Waals surface area contributed by atoms with Gasteiger partial charge in [0.25, 0.3) is 0 Å². The third kappa shape index (κ3) is 17.6. The van der Waals surface area contributed by atoms with E-state index in [1.54, 1.807) is 0 Å². The predicted octanol–water partition coefficient (Wildman–Crippen LogP) is 4.31. The Hall–Kier alpha value is -2.46. The van der Waals surface area contributed by atoms with E-state index in [4.69, 9.17) is 14.9 Å². The van der Waals surface area contributed by atoms with Crippen LogP contribution in [0.1, 0.15) is 110 Å². The lowest BCUT2D eigenvalue weighted by atomic mass is 9.94. The Labute approximate surface area is 219 Å². The molecule has 10 nitrogen and oxygen atoms in total. The van der Waals surface area contributed by atoms with E-state index < -0.39 is 60.9 Å². The van der Waals surface area contributed by atoms with E-state index in [0.29, 0.717) is 12.8 Å². The number of hydrogen-bond donors (Lipinski definition) is 5. The number of allylic oxidation sites excluding steroid dienone is 2. The van der Waals surface area contributed by atoms with Gasteiger partial charge in [-0.25, -0.2) is 4.79 Å². The van der Waals surface area contributed by atoms with Crippen LogP contribution in [0.3, 0.4) is 0 Å². The van der Waals surface area contributed by atoms with Gasteiger partial charge in [-0.1, -0.05) is 70.4 Å². The molecular formula is C27H46O10. The van der Waals surface area contributed by atoms with E-state index in [1.165, 1.54) is 38.5 Å². The van der Waals surface area contributed by atoms with Gasteiger partial charge < -0.3 is 30.3 Å². The molecular weight excluding hydrogens is 484 g/mol. The van der Waals surface area contributed by atoms with Crippen LogP contribution >= 0.6 is 0 Å². The first-order valence-corrected chi connectivity index (χ1v) is 13.4. The van der Waals surface area contributed by atoms with Crippen molar-refractivity contribution in [1.29, 1.82) is 0 Å². The van der Waals surface area contributed by atoms with Crippen LogP contribution in [0.2, 0.25) is 0 Å². The minimum atomic E-state index is -2.86. The molecule has 0 aromatic rings. The molecule has 10 heteroatoms. The fourth-order valence-electron chi connectivity index (χ4n) is 4.03. The van der Waals surface area contributed by atoms with Crippen molar-refractivity contribution in [3.63, 3.8) is 0 Å². The van der Waals surface area contributed by atoms with E-state index in [1.807, 2.05) is 0 Å². The largest absolute Gasteiger partial charge is 0.481 e. The highest BCUT2D eigenvalue weighted by molar-refractivity contribution is 5.88. The van der Waals surface area contributed by atoms with Crippen molar-refractivity contribution in [2.45, 2.75) is 121 Å². The Morgan fingerprint density at radius 1 is 0.811 bits per heavy atom. The summed E-state index contributed by atoms with van der Waals surface area (Å²) >= 11 is 0. The first-order valence-electron chi connectivity index (χ1n) is 13.4. The first kappa shape index (κ1) is 34.5. The van der Waals surface area contributed by atoms with Crippen LogP contribution in [0.4, 0.5) is 0 Å². The van der Waals surface area contributed by atoms with Gasteiger partial charge >= 0.3 is 23.9 Å². The van der Waals surface area contributed by atoms with Gasteiger partial charge in [-0.15, -0.1) is 0 Å². The summed E-state index contributed by atoms with van der Waals surface area (Å²) in [7, 11) is 0. The SMILES string of the molecule is CCCCCCCC/C=C\CCCCCCC(CC(CO)OC(=O)CC(O)(CC(=O)O)C(=O)O)C(=O)O. The molecule has 3 unspecified atom stereocenters. The molecule has 0 amide bonds. The van der Waals surface area contributed by atoms with E-state index in [9.17, 15) is 34.5 Å². The maximum atomic E-state index is 12.1. The molecule has 0 aliphatic rings. The molecule has 0 bridgehead atoms. The van der Waals surface area contributed by atoms with Gasteiger partial charge in [-0.2, -0.15) is 0 Å². The average Bonchev–Trinajstić information content (AvgIpc) is 2.81. The summed E-state index contributed by atoms with van der Waals surface area (Å²) in [5.74, 6) is -6.73. The van der Waals surface area contributed by atoms with E-state index in [-0.39, 0.29) is 6.42 Å². The number of carboxylic acid groups (broad SMARTS) is 3. The summed E-state index contributed by atoms with van der Waals surface area (Å²) in [6.45, 7) is 1.52. The number of ether oxygens (including phenoxy) is 1. The van der Waals surface area contributed by atoms with E-state index in [2.05, 4.69) is 19.1 Å². The number of esters is 1. The topological polar surface area (TPSA) is 179 Å². The second-order valence-corrected chi connectivity index (χ2v) is 9.67. The van der Waals surface area contributed by atoms with Crippen molar-refractivity contribution in [2.24, 2.45) is 5.92 Å². The van der Waals surface area contributed by atoms with Crippen LogP contribution in [0, 0.1) is 5.92 Å². The number of aliphatic hydroxyl groups is 2. The van der Waals surface area contributed by atoms with Gasteiger partial charge in [-0.3, -0.25) is 14.4 Å². The van der Waals surface area contributed by atoms with Gasteiger partial charge in [0.15, 0.2) is 5.60 Å². The molecule has 0 aromatic carbocycles. The van der Waals surface area contributed by atoms with Crippen molar-refractivity contribution in [3.05, 3.63) is 12.2 Å². The number of aliphatic hydroxyl groups excluding tert-OH is 1. The van der Waals surface area contributed by atoms with E-state index >= 15 is 0 Å². The zero-order valence-electron chi connectivity index (χ0n) is 22.1. The molecule has 0 aromatic heterocycles. The third-order valence-electron chi connectivity index (χ3n) is 6.24. The third-order valence-corrected chi connectivity index (χ3v) is 6.24. The predicted molar refractivity (Wildman–Crippen MR) is 137 cm³/mol. The Balaban J connectivity index is 4.31. The standard InChI is InChI=1S/C27H46O10/c1-2-3-4-5-6-7-8-9-10-11-12-13-14-15-16-21(25(32)33)17-22(20-28)37-24(31)19-27(36,26(34)35)18-23(29)30/h9-10,21-22,28,36H,2-8,11-20H2,1H3,(H,29,30)(H,32,33)(H,34,35)/b10-9-. The maximum absolute atomic E-state index is 12.1. The Kier molecular flexibility index (Phi) is 19.2. The second-order valence-electron chi connectivity index (χ2n) is 9.67. The highest BCUT2D eigenvalue weighted by atomic mass is 16.6. The number of unbranched alkanes of at least 4 members (excludes halogenated alkanes) is 10. The second kappa shape index (κ2) is 20.6. The number of carbonyl (C=O) groups excluding carboxylic acids is 1. The fraction of sp³-hybridized carbons (Fsp3) is 0.778. The molecule has 0 heterocycles. The van der Waals surface area contributed by atoms with Crippen LogP contribution in [-0.4, -0.2) is 67.7 Å². The molecule has 0 saturated heterocycles. The fourth-order valence-corrected chi connectivity index (χ4v) is 4.03. The minimum absolute atomic E-state index is 0.177. The molecule has 0 aliphatic carbocycles. The van der Waals surface area contributed by atoms with Gasteiger partial charge in [0.2, 0.25) is 0 Å². The van der Waals surface area contributed by atoms with Crippen LogP contribution in [0.25, 0.3) is 0 Å². The number of hydrogen-bond acceptors (Lipinski definition) is 7. The van der Waals surface area contributed by atoms with Crippen molar-refractivity contribution in [2.75, 3.05) is 6.61 Å². The Morgan fingerprint density at radius 2 is 1.35 bits per heavy atom. The minimum Gasteiger partial charge on any atom is -0.481 e. The summed E-state index contributed by atoms with van der Waals surface area (Å²) in [6, 6.07) is 0. The van der Waals surface area contributed by atoms with Crippen molar-refractivity contribution in [1.82, 2.24) is 0 Å². The summed E-state index contributed by atoms with van der Waals surface area (Å²) in [4.78, 5) is 45.7. The number of carboxylic acids is 3. The lowest BCUT2D eigenvalue weighted by Gasteiger charge is -2.23. The summed E-state index contributed by atoms with van der Waals surface area (Å²) in [5.41, 5.74) is -2.86. The molecule has 0 aliphatic heterocycles. The quantitative estimate of drug-likeness (QED) is 0.0686. The molecule has 0 saturated carbocycles. The van der Waals surface area contributed by atoms with Gasteiger partial charge in [0.05, 0.1) is 25.4 Å². The molecule has 0 rings (SSSR count). The number of aliphatic carboxylic acids is 3. The smallest absolute Gasteiger partial charge is 0.336 e. The molecule has 214 valence electrons. The maximum Gasteiger partial charge on any atom is 0.336 e. The summed E-state index contributed by atoms with van der Waals surface area (Å²) in [5, 5.41) is 46.7. The monoisotopic (exact) mass is 530 g/mol. The Morgan fingerprint density at radius 3 is 1.84 bits per heavy atom. The zero-order valence-corrected chi connectivity index (χ0v) is 22.1. The molecule has 5 N–H and O–H groups in total. The van der Waals surface area contributed by atoms with Crippen LogP contribution in [0.15, 0.2) is 12.2 Å². The number of carbonyl (C=O) groups is 4. The van der Waals surface area contributed by atoms with Crippen molar-refractivity contribution >= 4 is 23.9 Å². The normalized spacial score (nSPS) is 14.7. The van der Waals surface area contributed by atoms with Crippen LogP contribution < -0.4 is 0 Å². The first-order chi connectivity index (χ1) is 17.6. The molecule has 37 heavy (non-hydrogen) atoms. The average molecular weight is 531 g/mol. The van der Waals surface area contributed by atoms with Crippen molar-refractivity contribution in [3.8, 4) is 0 Å². The lowest BCUT2D eigenvalue weighted by molar-refractivity contribution is -0.175. The highest BCUT2D eigenvalue weighted by Gasteiger charge is 2.42. The molecule has 0 fully saturated rings. The van der Waals surface area contributed by atoms with E-state index in [0.717, 1.165) is 32.1 Å². The van der Waals surface area contributed by atoms with Crippen LogP contribution in [0.5, 0.6) is 0 Å². The number of rotatable bonds is 24. The summed E-state index contributed by atoms with van der Waals surface area (Å²) < 4.78 is 4.96. The van der Waals surface area contributed by atoms with Crippen LogP contribution in [-0.2, 0) is 23.9 Å².